The van der Waals surface area contributed by atoms with E-state index in [1.165, 1.54) is 22.9 Å². The predicted molar refractivity (Wildman–Crippen MR) is 151 cm³/mol. The number of likely N-dealkylation sites (tertiary alicyclic amines) is 1. The average molecular weight is 560 g/mol. The van der Waals surface area contributed by atoms with Crippen LogP contribution in [-0.4, -0.2) is 62.0 Å². The van der Waals surface area contributed by atoms with Gasteiger partial charge in [-0.2, -0.15) is 9.78 Å². The molecule has 1 fully saturated rings. The highest BCUT2D eigenvalue weighted by Crippen LogP contribution is 2.29. The molecule has 1 saturated heterocycles. The van der Waals surface area contributed by atoms with Gasteiger partial charge < -0.3 is 15.2 Å². The van der Waals surface area contributed by atoms with Crippen LogP contribution in [0.2, 0.25) is 0 Å². The van der Waals surface area contributed by atoms with Crippen LogP contribution in [0, 0.1) is 6.92 Å². The van der Waals surface area contributed by atoms with Gasteiger partial charge in [-0.3, -0.25) is 9.69 Å². The Morgan fingerprint density at radius 2 is 1.98 bits per heavy atom. The topological polar surface area (TPSA) is 159 Å². The van der Waals surface area contributed by atoms with Gasteiger partial charge in [0.05, 0.1) is 18.5 Å². The second kappa shape index (κ2) is 13.0. The molecule has 0 bridgehead atoms. The van der Waals surface area contributed by atoms with Crippen LogP contribution in [0.1, 0.15) is 59.1 Å². The highest BCUT2D eigenvalue weighted by atomic mass is 16.6. The summed E-state index contributed by atoms with van der Waals surface area (Å²) >= 11 is 0. The van der Waals surface area contributed by atoms with Crippen molar-refractivity contribution in [1.82, 2.24) is 35.6 Å². The number of nitrogen functional groups attached to an aromatic ring is 1. The largest absolute Gasteiger partial charge is 0.490 e. The highest BCUT2D eigenvalue weighted by molar-refractivity contribution is 5.94. The summed E-state index contributed by atoms with van der Waals surface area (Å²) in [4.78, 5) is 15.4. The lowest BCUT2D eigenvalue weighted by Crippen LogP contribution is -2.31. The van der Waals surface area contributed by atoms with E-state index in [0.29, 0.717) is 37.0 Å². The molecule has 0 radical (unpaired) electrons. The van der Waals surface area contributed by atoms with Gasteiger partial charge in [-0.15, -0.1) is 5.10 Å². The molecule has 13 nitrogen and oxygen atoms in total. The third-order valence-corrected chi connectivity index (χ3v) is 6.62. The van der Waals surface area contributed by atoms with Gasteiger partial charge >= 0.3 is 0 Å². The smallest absolute Gasteiger partial charge is 0.293 e. The number of carbonyl (C=O) groups is 1. The lowest BCUT2D eigenvalue weighted by Gasteiger charge is -2.26. The van der Waals surface area contributed by atoms with Crippen LogP contribution in [0.15, 0.2) is 52.2 Å². The zero-order valence-corrected chi connectivity index (χ0v) is 23.1. The molecule has 1 aliphatic rings. The number of hydrogen-bond donors (Lipinski definition) is 2. The number of piperidine rings is 1. The Kier molecular flexibility index (Phi) is 8.84. The van der Waals surface area contributed by atoms with Crippen LogP contribution in [-0.2, 0) is 13.2 Å². The molecule has 0 saturated carbocycles. The minimum atomic E-state index is -0.516. The van der Waals surface area contributed by atoms with E-state index in [2.05, 4.69) is 42.1 Å². The monoisotopic (exact) mass is 559 g/mol. The molecule has 41 heavy (non-hydrogen) atoms. The number of carbonyl (C=O) groups excluding carboxylic acids is 1. The molecular weight excluding hydrogens is 526 g/mol. The number of nitrogens with one attached hydrogen (secondary N) is 1. The molecule has 13 heteroatoms. The number of amides is 1. The zero-order chi connectivity index (χ0) is 28.6. The van der Waals surface area contributed by atoms with Crippen molar-refractivity contribution >= 4 is 17.9 Å². The summed E-state index contributed by atoms with van der Waals surface area (Å²) in [6, 6.07) is 13.6. The molecule has 0 atom stereocenters. The van der Waals surface area contributed by atoms with Crippen molar-refractivity contribution in [3.63, 3.8) is 0 Å². The van der Waals surface area contributed by atoms with Crippen molar-refractivity contribution in [2.45, 2.75) is 46.3 Å². The maximum atomic E-state index is 13.1. The summed E-state index contributed by atoms with van der Waals surface area (Å²) in [7, 11) is 0. The van der Waals surface area contributed by atoms with Gasteiger partial charge in [0.25, 0.3) is 5.91 Å². The standard InChI is InChI=1S/C28H33N9O4/c1-3-39-24-15-20(10-11-23(24)40-18-21-9-7-8-19(2)14-21)16-30-32-28(38)25-22(17-36-12-5-4-6-13-36)37(35-31-25)27-26(29)33-41-34-27/h7-11,14-16H,3-6,12-13,17-18H2,1-2H3,(H2,29,33)(H,32,38)/b30-16-. The van der Waals surface area contributed by atoms with Crippen LogP contribution in [0.5, 0.6) is 11.5 Å². The minimum Gasteiger partial charge on any atom is -0.490 e. The summed E-state index contributed by atoms with van der Waals surface area (Å²) in [5.41, 5.74) is 12.0. The number of benzene rings is 2. The van der Waals surface area contributed by atoms with Crippen molar-refractivity contribution in [1.29, 1.82) is 0 Å². The first-order chi connectivity index (χ1) is 20.0. The van der Waals surface area contributed by atoms with Crippen LogP contribution >= 0.6 is 0 Å². The fourth-order valence-corrected chi connectivity index (χ4v) is 4.63. The number of hydrogen-bond acceptors (Lipinski definition) is 11. The van der Waals surface area contributed by atoms with E-state index in [1.807, 2.05) is 50.2 Å². The average Bonchev–Trinajstić information content (AvgIpc) is 3.59. The second-order valence-electron chi connectivity index (χ2n) is 9.72. The van der Waals surface area contributed by atoms with Crippen molar-refractivity contribution in [2.24, 2.45) is 5.10 Å². The summed E-state index contributed by atoms with van der Waals surface area (Å²) in [5.74, 6) is 0.921. The van der Waals surface area contributed by atoms with Crippen molar-refractivity contribution < 1.29 is 18.9 Å². The Hall–Kier alpha value is -4.78. The highest BCUT2D eigenvalue weighted by Gasteiger charge is 2.26. The third-order valence-electron chi connectivity index (χ3n) is 6.62. The number of nitrogens with zero attached hydrogens (tertiary/aromatic N) is 7. The summed E-state index contributed by atoms with van der Waals surface area (Å²) in [6.45, 7) is 7.09. The third kappa shape index (κ3) is 6.87. The van der Waals surface area contributed by atoms with Crippen LogP contribution in [0.3, 0.4) is 0 Å². The first kappa shape index (κ1) is 27.8. The van der Waals surface area contributed by atoms with Gasteiger partial charge in [0.15, 0.2) is 17.2 Å². The van der Waals surface area contributed by atoms with Gasteiger partial charge in [0.1, 0.15) is 6.61 Å². The van der Waals surface area contributed by atoms with Gasteiger partial charge in [-0.25, -0.2) is 10.1 Å². The number of aryl methyl sites for hydroxylation is 1. The first-order valence-corrected chi connectivity index (χ1v) is 13.6. The molecule has 3 N–H and O–H groups in total. The molecule has 0 unspecified atom stereocenters. The number of aromatic nitrogens is 5. The molecule has 0 spiro atoms. The van der Waals surface area contributed by atoms with Crippen molar-refractivity contribution in [3.8, 4) is 17.3 Å². The lowest BCUT2D eigenvalue weighted by atomic mass is 10.1. The molecule has 1 aliphatic heterocycles. The van der Waals surface area contributed by atoms with E-state index in [9.17, 15) is 4.79 Å². The number of ether oxygens (including phenoxy) is 2. The molecule has 1 amide bonds. The van der Waals surface area contributed by atoms with E-state index >= 15 is 0 Å². The van der Waals surface area contributed by atoms with Gasteiger partial charge in [-0.1, -0.05) is 41.5 Å². The Balaban J connectivity index is 1.29. The zero-order valence-electron chi connectivity index (χ0n) is 23.1. The second-order valence-corrected chi connectivity index (χ2v) is 9.72. The summed E-state index contributed by atoms with van der Waals surface area (Å²) in [5, 5.41) is 19.8. The van der Waals surface area contributed by atoms with Gasteiger partial charge in [-0.05, 0) is 79.4 Å². The summed E-state index contributed by atoms with van der Waals surface area (Å²) in [6.07, 6.45) is 4.88. The fourth-order valence-electron chi connectivity index (χ4n) is 4.63. The Bertz CT molecular complexity index is 1510. The SMILES string of the molecule is CCOc1cc(/C=N\NC(=O)c2nnn(-c3nonc3N)c2CN2CCCCC2)ccc1OCc1cccc(C)c1. The predicted octanol–water partition coefficient (Wildman–Crippen LogP) is 3.27. The maximum absolute atomic E-state index is 13.1. The van der Waals surface area contributed by atoms with Crippen LogP contribution < -0.4 is 20.6 Å². The van der Waals surface area contributed by atoms with Gasteiger partial charge in [0, 0.05) is 6.54 Å². The number of nitrogens with two attached hydrogens (primary N) is 1. The van der Waals surface area contributed by atoms with E-state index in [0.717, 1.165) is 37.1 Å². The van der Waals surface area contributed by atoms with E-state index < -0.39 is 5.91 Å². The van der Waals surface area contributed by atoms with E-state index in [1.54, 1.807) is 0 Å². The maximum Gasteiger partial charge on any atom is 0.293 e. The van der Waals surface area contributed by atoms with Gasteiger partial charge in [0.2, 0.25) is 11.6 Å². The van der Waals surface area contributed by atoms with E-state index in [4.69, 9.17) is 19.8 Å². The lowest BCUT2D eigenvalue weighted by molar-refractivity contribution is 0.0947. The Morgan fingerprint density at radius 3 is 2.73 bits per heavy atom. The molecule has 3 heterocycles. The number of anilines is 1. The Morgan fingerprint density at radius 1 is 1.12 bits per heavy atom. The molecule has 2 aromatic carbocycles. The molecule has 214 valence electrons. The molecule has 2 aromatic heterocycles. The number of rotatable bonds is 11. The van der Waals surface area contributed by atoms with Crippen LogP contribution in [0.4, 0.5) is 5.82 Å². The number of hydrazone groups is 1. The molecule has 0 aliphatic carbocycles. The quantitative estimate of drug-likeness (QED) is 0.206. The van der Waals surface area contributed by atoms with Crippen LogP contribution in [0.25, 0.3) is 5.82 Å². The molecule has 4 aromatic rings. The summed E-state index contributed by atoms with van der Waals surface area (Å²) < 4.78 is 17.9. The molecule has 5 rings (SSSR count). The Labute approximate surface area is 237 Å². The van der Waals surface area contributed by atoms with Crippen molar-refractivity contribution in [3.05, 3.63) is 70.5 Å². The van der Waals surface area contributed by atoms with Crippen molar-refractivity contribution in [2.75, 3.05) is 25.4 Å². The normalized spacial score (nSPS) is 13.9. The molecular formula is C28H33N9O4. The van der Waals surface area contributed by atoms with E-state index in [-0.39, 0.29) is 17.3 Å². The fraction of sp³-hybridized carbons (Fsp3) is 0.357. The first-order valence-electron chi connectivity index (χ1n) is 13.6. The minimum absolute atomic E-state index is 0.0520.